The van der Waals surface area contributed by atoms with Gasteiger partial charge in [-0.25, -0.2) is 13.2 Å². The van der Waals surface area contributed by atoms with E-state index in [0.717, 1.165) is 15.3 Å². The Morgan fingerprint density at radius 1 is 1.23 bits per heavy atom. The van der Waals surface area contributed by atoms with Crippen LogP contribution < -0.4 is 0 Å². The van der Waals surface area contributed by atoms with Crippen molar-refractivity contribution < 1.29 is 23.2 Å². The fraction of sp³-hybridized carbons (Fsp3) is 0.364. The molecule has 0 unspecified atom stereocenters. The first-order valence-corrected chi connectivity index (χ1v) is 8.38. The fourth-order valence-corrected chi connectivity index (χ4v) is 4.19. The Bertz CT molecular complexity index is 715. The third kappa shape index (κ3) is 3.36. The monoisotopic (exact) mass is 393 g/mol. The third-order valence-electron chi connectivity index (χ3n) is 3.21. The Labute approximate surface area is 134 Å². The zero-order chi connectivity index (χ0) is 16.5. The molecule has 1 fully saturated rings. The lowest BCUT2D eigenvalue weighted by Gasteiger charge is -2.32. The van der Waals surface area contributed by atoms with Crippen molar-refractivity contribution >= 4 is 37.7 Å². The first-order chi connectivity index (χ1) is 10.2. The van der Waals surface area contributed by atoms with Gasteiger partial charge < -0.3 is 10.0 Å². The molecule has 0 aromatic heterocycles. The smallest absolute Gasteiger partial charge is 0.407 e. The van der Waals surface area contributed by atoms with Crippen molar-refractivity contribution in [3.63, 3.8) is 0 Å². The van der Waals surface area contributed by atoms with Gasteiger partial charge in [-0.15, -0.1) is 0 Å². The van der Waals surface area contributed by atoms with Crippen molar-refractivity contribution in [2.45, 2.75) is 4.90 Å². The highest BCUT2D eigenvalue weighted by molar-refractivity contribution is 9.10. The van der Waals surface area contributed by atoms with E-state index in [2.05, 4.69) is 15.9 Å². The summed E-state index contributed by atoms with van der Waals surface area (Å²) >= 11 is 3.05. The van der Waals surface area contributed by atoms with E-state index in [1.165, 1.54) is 12.1 Å². The maximum atomic E-state index is 12.5. The number of nitrogens with zero attached hydrogens (tertiary/aromatic N) is 3. The number of rotatable bonds is 3. The Balaban J connectivity index is 2.28. The molecule has 22 heavy (non-hydrogen) atoms. The molecule has 1 aliphatic heterocycles. The van der Waals surface area contributed by atoms with E-state index in [0.29, 0.717) is 0 Å². The first-order valence-electron chi connectivity index (χ1n) is 6.15. The van der Waals surface area contributed by atoms with Crippen LogP contribution in [0.5, 0.6) is 0 Å². The molecule has 1 saturated heterocycles. The van der Waals surface area contributed by atoms with Crippen LogP contribution in [-0.2, 0) is 10.0 Å². The lowest BCUT2D eigenvalue weighted by molar-refractivity contribution is -0.385. The van der Waals surface area contributed by atoms with Crippen LogP contribution in [0.1, 0.15) is 0 Å². The topological polar surface area (TPSA) is 121 Å². The first kappa shape index (κ1) is 16.6. The van der Waals surface area contributed by atoms with Gasteiger partial charge >= 0.3 is 6.09 Å². The van der Waals surface area contributed by atoms with Gasteiger partial charge in [0.05, 0.1) is 9.82 Å². The molecular weight excluding hydrogens is 382 g/mol. The Morgan fingerprint density at radius 2 is 1.82 bits per heavy atom. The van der Waals surface area contributed by atoms with Crippen LogP contribution in [0.25, 0.3) is 0 Å². The summed E-state index contributed by atoms with van der Waals surface area (Å²) in [5, 5.41) is 19.7. The predicted molar refractivity (Wildman–Crippen MR) is 79.2 cm³/mol. The molecule has 1 N–H and O–H groups in total. The molecule has 2 rings (SSSR count). The van der Waals surface area contributed by atoms with Crippen LogP contribution >= 0.6 is 15.9 Å². The van der Waals surface area contributed by atoms with Gasteiger partial charge in [0.25, 0.3) is 5.69 Å². The highest BCUT2D eigenvalue weighted by Gasteiger charge is 2.31. The number of nitro benzene ring substituents is 1. The Kier molecular flexibility index (Phi) is 4.68. The summed E-state index contributed by atoms with van der Waals surface area (Å²) in [7, 11) is -3.91. The lowest BCUT2D eigenvalue weighted by Crippen LogP contribution is -2.50. The van der Waals surface area contributed by atoms with Gasteiger partial charge in [-0.1, -0.05) is 15.9 Å². The molecule has 120 valence electrons. The van der Waals surface area contributed by atoms with E-state index in [-0.39, 0.29) is 41.2 Å². The Hall–Kier alpha value is -1.72. The zero-order valence-corrected chi connectivity index (χ0v) is 13.6. The minimum Gasteiger partial charge on any atom is -0.465 e. The number of carbonyl (C=O) groups is 1. The van der Waals surface area contributed by atoms with E-state index in [1.807, 2.05) is 0 Å². The number of non-ortho nitro benzene ring substituents is 1. The van der Waals surface area contributed by atoms with Crippen LogP contribution in [0.4, 0.5) is 10.5 Å². The molecule has 0 spiro atoms. The molecule has 0 bridgehead atoms. The van der Waals surface area contributed by atoms with Gasteiger partial charge in [0.1, 0.15) is 0 Å². The van der Waals surface area contributed by atoms with Crippen LogP contribution in [0.2, 0.25) is 0 Å². The van der Waals surface area contributed by atoms with Crippen molar-refractivity contribution in [3.05, 3.63) is 32.8 Å². The fourth-order valence-electron chi connectivity index (χ4n) is 2.07. The SMILES string of the molecule is O=C(O)N1CCN(S(=O)(=O)c2cc(Br)cc([N+](=O)[O-])c2)CC1. The molecule has 9 nitrogen and oxygen atoms in total. The number of benzene rings is 1. The molecule has 0 atom stereocenters. The minimum absolute atomic E-state index is 0.00887. The zero-order valence-electron chi connectivity index (χ0n) is 11.2. The summed E-state index contributed by atoms with van der Waals surface area (Å²) in [5.41, 5.74) is -0.336. The largest absolute Gasteiger partial charge is 0.465 e. The van der Waals surface area contributed by atoms with Crippen molar-refractivity contribution in [2.75, 3.05) is 26.2 Å². The average Bonchev–Trinajstić information content (AvgIpc) is 2.46. The summed E-state index contributed by atoms with van der Waals surface area (Å²) in [6, 6.07) is 3.48. The number of carboxylic acid groups (broad SMARTS) is 1. The summed E-state index contributed by atoms with van der Waals surface area (Å²) in [5.74, 6) is 0. The normalized spacial score (nSPS) is 16.5. The minimum atomic E-state index is -3.91. The summed E-state index contributed by atoms with van der Waals surface area (Å²) in [6.07, 6.45) is -1.10. The van der Waals surface area contributed by atoms with Crippen molar-refractivity contribution in [1.82, 2.24) is 9.21 Å². The molecule has 0 radical (unpaired) electrons. The molecule has 1 aliphatic rings. The molecule has 1 heterocycles. The van der Waals surface area contributed by atoms with Gasteiger partial charge in [-0.2, -0.15) is 4.31 Å². The number of halogens is 1. The van der Waals surface area contributed by atoms with E-state index in [1.54, 1.807) is 0 Å². The molecule has 1 aromatic carbocycles. The van der Waals surface area contributed by atoms with E-state index >= 15 is 0 Å². The maximum Gasteiger partial charge on any atom is 0.407 e. The number of hydrogen-bond acceptors (Lipinski definition) is 5. The van der Waals surface area contributed by atoms with Gasteiger partial charge in [0.2, 0.25) is 10.0 Å². The second-order valence-corrected chi connectivity index (χ2v) is 7.43. The second-order valence-electron chi connectivity index (χ2n) is 4.58. The van der Waals surface area contributed by atoms with Gasteiger partial charge in [0.15, 0.2) is 0 Å². The van der Waals surface area contributed by atoms with Crippen LogP contribution in [-0.4, -0.2) is 59.9 Å². The molecule has 11 heteroatoms. The summed E-state index contributed by atoms with van der Waals surface area (Å²) in [6.45, 7) is 0.138. The van der Waals surface area contributed by atoms with Crippen molar-refractivity contribution in [1.29, 1.82) is 0 Å². The predicted octanol–water partition coefficient (Wildman–Crippen LogP) is 1.34. The number of piperazine rings is 1. The van der Waals surface area contributed by atoms with Crippen LogP contribution in [0.15, 0.2) is 27.6 Å². The second kappa shape index (κ2) is 6.18. The molecule has 1 amide bonds. The number of amides is 1. The van der Waals surface area contributed by atoms with Crippen molar-refractivity contribution in [2.24, 2.45) is 0 Å². The number of nitro groups is 1. The molecule has 1 aromatic rings. The molecular formula is C11H12BrN3O6S. The van der Waals surface area contributed by atoms with Crippen molar-refractivity contribution in [3.8, 4) is 0 Å². The van der Waals surface area contributed by atoms with Crippen LogP contribution in [0.3, 0.4) is 0 Å². The van der Waals surface area contributed by atoms with E-state index in [4.69, 9.17) is 5.11 Å². The van der Waals surface area contributed by atoms with Gasteiger partial charge in [-0.3, -0.25) is 10.1 Å². The van der Waals surface area contributed by atoms with E-state index < -0.39 is 21.0 Å². The van der Waals surface area contributed by atoms with Gasteiger partial charge in [0, 0.05) is 42.8 Å². The van der Waals surface area contributed by atoms with Gasteiger partial charge in [-0.05, 0) is 6.07 Å². The maximum absolute atomic E-state index is 12.5. The quantitative estimate of drug-likeness (QED) is 0.610. The molecule has 0 aliphatic carbocycles. The average molecular weight is 394 g/mol. The molecule has 0 saturated carbocycles. The number of hydrogen-bond donors (Lipinski definition) is 1. The highest BCUT2D eigenvalue weighted by Crippen LogP contribution is 2.26. The highest BCUT2D eigenvalue weighted by atomic mass is 79.9. The number of sulfonamides is 1. The summed E-state index contributed by atoms with van der Waals surface area (Å²) in [4.78, 5) is 21.9. The van der Waals surface area contributed by atoms with E-state index in [9.17, 15) is 23.3 Å². The van der Waals surface area contributed by atoms with Crippen LogP contribution in [0, 0.1) is 10.1 Å². The Morgan fingerprint density at radius 3 is 2.32 bits per heavy atom. The third-order valence-corrected chi connectivity index (χ3v) is 5.55. The summed E-state index contributed by atoms with van der Waals surface area (Å²) < 4.78 is 26.4. The standard InChI is InChI=1S/C11H12BrN3O6S/c12-8-5-9(15(18)19)7-10(6-8)22(20,21)14-3-1-13(2-4-14)11(16)17/h5-7H,1-4H2,(H,16,17). The lowest BCUT2D eigenvalue weighted by atomic mass is 10.3.